The van der Waals surface area contributed by atoms with Crippen molar-refractivity contribution in [2.75, 3.05) is 6.54 Å². The summed E-state index contributed by atoms with van der Waals surface area (Å²) in [5.41, 5.74) is 2.45. The predicted molar refractivity (Wildman–Crippen MR) is 81.7 cm³/mol. The molecule has 0 fully saturated rings. The summed E-state index contributed by atoms with van der Waals surface area (Å²) in [4.78, 5) is 38.1. The van der Waals surface area contributed by atoms with Gasteiger partial charge in [-0.05, 0) is 18.6 Å². The van der Waals surface area contributed by atoms with E-state index in [1.165, 1.54) is 11.2 Å². The quantitative estimate of drug-likeness (QED) is 0.683. The van der Waals surface area contributed by atoms with Gasteiger partial charge in [-0.3, -0.25) is 14.5 Å². The number of hydrogen-bond acceptors (Lipinski definition) is 5. The maximum absolute atomic E-state index is 12.3. The topological polar surface area (TPSA) is 81.0 Å². The molecule has 0 bridgehead atoms. The molecule has 3 aromatic rings. The van der Waals surface area contributed by atoms with Gasteiger partial charge in [-0.15, -0.1) is 0 Å². The van der Waals surface area contributed by atoms with Crippen molar-refractivity contribution in [2.24, 2.45) is 0 Å². The molecule has 0 atom stereocenters. The highest BCUT2D eigenvalue weighted by Gasteiger charge is 2.34. The largest absolute Gasteiger partial charge is 0.328 e. The van der Waals surface area contributed by atoms with Crippen LogP contribution < -0.4 is 0 Å². The fourth-order valence-electron chi connectivity index (χ4n) is 2.82. The molecular formula is C16H13N5O2. The van der Waals surface area contributed by atoms with Crippen LogP contribution in [0.5, 0.6) is 0 Å². The van der Waals surface area contributed by atoms with Crippen molar-refractivity contribution < 1.29 is 9.59 Å². The Bertz CT molecular complexity index is 882. The number of carbonyl (C=O) groups is 2. The van der Waals surface area contributed by atoms with Gasteiger partial charge in [-0.1, -0.05) is 12.1 Å². The van der Waals surface area contributed by atoms with Crippen molar-refractivity contribution in [3.05, 3.63) is 54.2 Å². The Hall–Kier alpha value is -3.09. The fourth-order valence-corrected chi connectivity index (χ4v) is 2.82. The lowest BCUT2D eigenvalue weighted by Gasteiger charge is -2.13. The molecule has 0 radical (unpaired) electrons. The number of aromatic nitrogens is 4. The van der Waals surface area contributed by atoms with E-state index >= 15 is 0 Å². The van der Waals surface area contributed by atoms with Gasteiger partial charge in [0.2, 0.25) is 0 Å². The number of hydrogen-bond donors (Lipinski definition) is 0. The van der Waals surface area contributed by atoms with E-state index in [2.05, 4.69) is 15.0 Å². The number of rotatable bonds is 4. The minimum absolute atomic E-state index is 0.218. The summed E-state index contributed by atoms with van der Waals surface area (Å²) in [5, 5.41) is 0. The molecule has 3 heterocycles. The summed E-state index contributed by atoms with van der Waals surface area (Å²) in [7, 11) is 0. The molecule has 1 aromatic carbocycles. The molecule has 4 rings (SSSR count). The van der Waals surface area contributed by atoms with Crippen LogP contribution in [0.3, 0.4) is 0 Å². The summed E-state index contributed by atoms with van der Waals surface area (Å²) < 4.78 is 1.92. The van der Waals surface area contributed by atoms with Crippen LogP contribution in [-0.4, -0.2) is 42.8 Å². The monoisotopic (exact) mass is 307 g/mol. The number of fused-ring (bicyclic) bond motifs is 2. The van der Waals surface area contributed by atoms with E-state index in [1.54, 1.807) is 36.8 Å². The number of imidazole rings is 1. The second-order valence-electron chi connectivity index (χ2n) is 5.33. The summed E-state index contributed by atoms with van der Waals surface area (Å²) in [6.45, 7) is 1.01. The highest BCUT2D eigenvalue weighted by molar-refractivity contribution is 6.21. The Morgan fingerprint density at radius 3 is 2.43 bits per heavy atom. The third-order valence-electron chi connectivity index (χ3n) is 3.96. The Morgan fingerprint density at radius 2 is 1.70 bits per heavy atom. The molecule has 7 nitrogen and oxygen atoms in total. The van der Waals surface area contributed by atoms with Gasteiger partial charge in [0.15, 0.2) is 5.65 Å². The normalized spacial score (nSPS) is 13.8. The van der Waals surface area contributed by atoms with Crippen LogP contribution in [0.2, 0.25) is 0 Å². The van der Waals surface area contributed by atoms with E-state index in [0.717, 1.165) is 5.52 Å². The van der Waals surface area contributed by atoms with Gasteiger partial charge in [-0.2, -0.15) is 0 Å². The average Bonchev–Trinajstić information content (AvgIpc) is 3.10. The summed E-state index contributed by atoms with van der Waals surface area (Å²) in [5.74, 6) is -0.436. The van der Waals surface area contributed by atoms with Crippen LogP contribution in [0, 0.1) is 0 Å². The lowest BCUT2D eigenvalue weighted by Crippen LogP contribution is -2.31. The highest BCUT2D eigenvalue weighted by atomic mass is 16.2. The second kappa shape index (κ2) is 5.28. The zero-order valence-electron chi connectivity index (χ0n) is 12.2. The number of benzene rings is 1. The molecule has 2 amide bonds. The van der Waals surface area contributed by atoms with E-state index in [0.29, 0.717) is 36.3 Å². The molecule has 1 aliphatic heterocycles. The number of nitrogens with zero attached hydrogens (tertiary/aromatic N) is 5. The van der Waals surface area contributed by atoms with Crippen LogP contribution in [0.1, 0.15) is 27.1 Å². The minimum Gasteiger partial charge on any atom is -0.328 e. The minimum atomic E-state index is -0.218. The van der Waals surface area contributed by atoms with Crippen molar-refractivity contribution in [3.8, 4) is 0 Å². The lowest BCUT2D eigenvalue weighted by atomic mass is 10.1. The number of imide groups is 1. The van der Waals surface area contributed by atoms with Crippen LogP contribution >= 0.6 is 0 Å². The van der Waals surface area contributed by atoms with Crippen molar-refractivity contribution in [1.82, 2.24) is 24.4 Å². The first kappa shape index (κ1) is 13.6. The molecule has 23 heavy (non-hydrogen) atoms. The highest BCUT2D eigenvalue weighted by Crippen LogP contribution is 2.22. The lowest BCUT2D eigenvalue weighted by molar-refractivity contribution is 0.0651. The molecule has 0 saturated carbocycles. The summed E-state index contributed by atoms with van der Waals surface area (Å²) in [6.07, 6.45) is 5.50. The van der Waals surface area contributed by atoms with Crippen molar-refractivity contribution in [3.63, 3.8) is 0 Å². The average molecular weight is 307 g/mol. The molecule has 7 heteroatoms. The van der Waals surface area contributed by atoms with Crippen LogP contribution in [0.15, 0.2) is 43.1 Å². The van der Waals surface area contributed by atoms with Crippen molar-refractivity contribution in [1.29, 1.82) is 0 Å². The van der Waals surface area contributed by atoms with Gasteiger partial charge in [0.05, 0.1) is 23.7 Å². The predicted octanol–water partition coefficient (Wildman–Crippen LogP) is 1.51. The van der Waals surface area contributed by atoms with Gasteiger partial charge in [0, 0.05) is 13.1 Å². The van der Waals surface area contributed by atoms with E-state index in [4.69, 9.17) is 0 Å². The van der Waals surface area contributed by atoms with E-state index in [-0.39, 0.29) is 11.8 Å². The summed E-state index contributed by atoms with van der Waals surface area (Å²) in [6, 6.07) is 6.92. The smallest absolute Gasteiger partial charge is 0.261 e. The van der Waals surface area contributed by atoms with Gasteiger partial charge >= 0.3 is 0 Å². The molecule has 114 valence electrons. The van der Waals surface area contributed by atoms with E-state index in [9.17, 15) is 9.59 Å². The molecule has 0 aliphatic carbocycles. The third kappa shape index (κ3) is 2.17. The molecule has 0 unspecified atom stereocenters. The first-order valence-corrected chi connectivity index (χ1v) is 7.32. The van der Waals surface area contributed by atoms with E-state index < -0.39 is 0 Å². The molecule has 1 aliphatic rings. The van der Waals surface area contributed by atoms with Gasteiger partial charge in [0.25, 0.3) is 11.8 Å². The summed E-state index contributed by atoms with van der Waals surface area (Å²) >= 11 is 0. The zero-order valence-corrected chi connectivity index (χ0v) is 12.2. The fraction of sp³-hybridized carbons (Fsp3) is 0.188. The van der Waals surface area contributed by atoms with Gasteiger partial charge < -0.3 is 4.57 Å². The number of carbonyl (C=O) groups excluding carboxylic acids is 2. The van der Waals surface area contributed by atoms with Crippen molar-refractivity contribution >= 4 is 23.0 Å². The Labute approximate surface area is 131 Å². The van der Waals surface area contributed by atoms with Crippen LogP contribution in [0.25, 0.3) is 11.2 Å². The first-order chi connectivity index (χ1) is 11.3. The van der Waals surface area contributed by atoms with Crippen LogP contribution in [0.4, 0.5) is 0 Å². The standard InChI is InChI=1S/C16H13N5O2/c22-15-11-4-1-2-5-12(11)16(23)21(15)7-3-6-20-10-19-14-13(20)8-17-9-18-14/h1-2,4-5,8-10H,3,6-7H2. The Balaban J connectivity index is 1.46. The maximum atomic E-state index is 12.3. The molecule has 2 aromatic heterocycles. The zero-order chi connectivity index (χ0) is 15.8. The van der Waals surface area contributed by atoms with E-state index in [1.807, 2.05) is 4.57 Å². The Kier molecular flexibility index (Phi) is 3.11. The number of aryl methyl sites for hydroxylation is 1. The third-order valence-corrected chi connectivity index (χ3v) is 3.96. The number of amides is 2. The second-order valence-corrected chi connectivity index (χ2v) is 5.33. The SMILES string of the molecule is O=C1c2ccccc2C(=O)N1CCCn1cnc2ncncc21. The maximum Gasteiger partial charge on any atom is 0.261 e. The molecule has 0 saturated heterocycles. The van der Waals surface area contributed by atoms with Gasteiger partial charge in [-0.25, -0.2) is 15.0 Å². The molecule has 0 spiro atoms. The molecular weight excluding hydrogens is 294 g/mol. The first-order valence-electron chi connectivity index (χ1n) is 7.32. The molecule has 0 N–H and O–H groups in total. The van der Waals surface area contributed by atoms with Crippen LogP contribution in [-0.2, 0) is 6.54 Å². The Morgan fingerprint density at radius 1 is 0.957 bits per heavy atom. The van der Waals surface area contributed by atoms with Gasteiger partial charge in [0.1, 0.15) is 11.8 Å². The van der Waals surface area contributed by atoms with Crippen molar-refractivity contribution in [2.45, 2.75) is 13.0 Å².